The number of anilines is 5. The van der Waals surface area contributed by atoms with E-state index in [1.165, 1.54) is 84.0 Å². The van der Waals surface area contributed by atoms with Crippen LogP contribution in [0.3, 0.4) is 0 Å². The van der Waals surface area contributed by atoms with E-state index in [1.807, 2.05) is 95.7 Å². The van der Waals surface area contributed by atoms with Crippen molar-refractivity contribution in [2.75, 3.05) is 10.2 Å². The minimum absolute atomic E-state index is 0. The van der Waals surface area contributed by atoms with Crippen LogP contribution in [0.25, 0.3) is 162 Å². The van der Waals surface area contributed by atoms with Gasteiger partial charge in [0.1, 0.15) is 34.0 Å². The van der Waals surface area contributed by atoms with Crippen molar-refractivity contribution >= 4 is 195 Å². The summed E-state index contributed by atoms with van der Waals surface area (Å²) in [6.07, 6.45) is 3.70. The van der Waals surface area contributed by atoms with Crippen LogP contribution < -0.4 is 10.2 Å². The Morgan fingerprint density at radius 1 is 0.280 bits per heavy atom. The topological polar surface area (TPSA) is 77.2 Å². The smallest absolute Gasteiger partial charge is 0.137 e. The molecule has 0 saturated heterocycles. The molecule has 0 bridgehead atoms. The Morgan fingerprint density at radius 2 is 0.654 bits per heavy atom. The fraction of sp³-hybridized carbons (Fsp3) is 0.0208. The SMILES string of the molecule is Brc1ccc(-c2ccc3c4ccccc4n(-c4ccccn4)c3c2)cc1.C.C.c1ccc(-n2c3ccccc3c3ccc(-c4ccc(N(c5ccc6oc7ccccc7c6c5)c5ccc6sc7ccccc7c6c5)cc4)cc32)nc1.c1ccc2c(c1)oc1ccc(Nc3ccc4sc5ccccc5c4c3)cc12. The van der Waals surface area contributed by atoms with E-state index < -0.39 is 0 Å². The number of fused-ring (bicyclic) bond motifs is 18. The fourth-order valence-electron chi connectivity index (χ4n) is 15.1. The summed E-state index contributed by atoms with van der Waals surface area (Å²) in [5.74, 6) is 1.85. The number of pyridine rings is 2. The van der Waals surface area contributed by atoms with Crippen molar-refractivity contribution in [2.45, 2.75) is 14.9 Å². The molecule has 11 heteroatoms. The van der Waals surface area contributed by atoms with Crippen molar-refractivity contribution in [3.63, 3.8) is 0 Å². The molecule has 8 aromatic heterocycles. The van der Waals surface area contributed by atoms with Gasteiger partial charge in [0.25, 0.3) is 0 Å². The highest BCUT2D eigenvalue weighted by molar-refractivity contribution is 9.10. The quantitative estimate of drug-likeness (QED) is 0.155. The molecule has 0 aliphatic heterocycles. The molecule has 8 heterocycles. The number of hydrogen-bond donors (Lipinski definition) is 1. The molecule has 22 aromatic rings. The molecular formula is C96H67BrN6O2S2. The molecule has 22 rings (SSSR count). The summed E-state index contributed by atoms with van der Waals surface area (Å²) >= 11 is 7.19. The number of para-hydroxylation sites is 4. The standard InChI is InChI=1S/C47H29N3OS.C24H15NOS.C23H15BrN2.2CH4/c1-4-12-41-35(9-1)36-23-18-31(27-42(36)50(41)47-15-7-8-26-48-47)30-16-19-32(20-17-30)49(33-21-24-44-39(28-33)37-10-2-5-13-43(37)51-44)34-22-25-46-40(29-34)38-11-3-6-14-45(38)52-46;1-3-7-21-17(5-1)19-13-15(9-11-22(19)26-21)25-16-10-12-24-20(14-16)18-6-2-4-8-23(18)27-24;24-18-11-8-16(9-12-18)17-10-13-20-19-5-1-2-6-21(19)26(22(20)15-17)23-7-3-4-14-25-23;;/h1-29H;1-14,25H;1-15H;2*1H4. The minimum atomic E-state index is 0. The molecule has 0 amide bonds. The molecule has 14 aromatic carbocycles. The van der Waals surface area contributed by atoms with E-state index >= 15 is 0 Å². The Hall–Kier alpha value is -12.9. The van der Waals surface area contributed by atoms with E-state index in [9.17, 15) is 0 Å². The van der Waals surface area contributed by atoms with Crippen LogP contribution in [0.5, 0.6) is 0 Å². The summed E-state index contributed by atoms with van der Waals surface area (Å²) in [5.41, 5.74) is 18.4. The van der Waals surface area contributed by atoms with Crippen LogP contribution in [0.1, 0.15) is 14.9 Å². The van der Waals surface area contributed by atoms with Crippen molar-refractivity contribution in [3.05, 3.63) is 357 Å². The summed E-state index contributed by atoms with van der Waals surface area (Å²) in [4.78, 5) is 11.7. The lowest BCUT2D eigenvalue weighted by molar-refractivity contribution is 0.668. The third kappa shape index (κ3) is 11.9. The van der Waals surface area contributed by atoms with Gasteiger partial charge < -0.3 is 19.1 Å². The third-order valence-electron chi connectivity index (χ3n) is 20.0. The predicted molar refractivity (Wildman–Crippen MR) is 460 cm³/mol. The zero-order chi connectivity index (χ0) is 69.5. The lowest BCUT2D eigenvalue weighted by atomic mass is 10.0. The molecule has 0 radical (unpaired) electrons. The number of nitrogens with one attached hydrogen (secondary N) is 1. The maximum atomic E-state index is 6.22. The van der Waals surface area contributed by atoms with E-state index in [4.69, 9.17) is 13.8 Å². The van der Waals surface area contributed by atoms with Crippen LogP contribution in [0.4, 0.5) is 28.4 Å². The lowest BCUT2D eigenvalue weighted by Gasteiger charge is -2.26. The number of furan rings is 2. The molecule has 0 saturated carbocycles. The van der Waals surface area contributed by atoms with Crippen LogP contribution in [0, 0.1) is 0 Å². The molecule has 8 nitrogen and oxygen atoms in total. The van der Waals surface area contributed by atoms with Gasteiger partial charge in [0.2, 0.25) is 0 Å². The average Bonchev–Trinajstić information content (AvgIpc) is 1.61. The molecule has 107 heavy (non-hydrogen) atoms. The largest absolute Gasteiger partial charge is 0.456 e. The molecule has 0 aliphatic carbocycles. The van der Waals surface area contributed by atoms with Crippen molar-refractivity contribution in [2.24, 2.45) is 0 Å². The Labute approximate surface area is 633 Å². The first kappa shape index (κ1) is 66.1. The number of benzene rings is 14. The minimum Gasteiger partial charge on any atom is -0.456 e. The molecule has 1 N–H and O–H groups in total. The maximum absolute atomic E-state index is 6.22. The van der Waals surface area contributed by atoms with Gasteiger partial charge in [-0.1, -0.05) is 201 Å². The number of rotatable bonds is 9. The van der Waals surface area contributed by atoms with Crippen LogP contribution in [0.15, 0.2) is 365 Å². The number of hydrogen-bond acceptors (Lipinski definition) is 8. The van der Waals surface area contributed by atoms with Gasteiger partial charge in [-0.05, 0) is 192 Å². The monoisotopic (exact) mass is 1480 g/mol. The van der Waals surface area contributed by atoms with Crippen LogP contribution >= 0.6 is 38.6 Å². The molecule has 0 aliphatic rings. The van der Waals surface area contributed by atoms with Gasteiger partial charge in [-0.2, -0.15) is 0 Å². The van der Waals surface area contributed by atoms with Crippen LogP contribution in [0.2, 0.25) is 0 Å². The highest BCUT2D eigenvalue weighted by Gasteiger charge is 2.21. The summed E-state index contributed by atoms with van der Waals surface area (Å²) in [6, 6.07) is 120. The number of aromatic nitrogens is 4. The van der Waals surface area contributed by atoms with Gasteiger partial charge in [0, 0.05) is 129 Å². The van der Waals surface area contributed by atoms with Crippen molar-refractivity contribution in [3.8, 4) is 33.9 Å². The molecule has 0 spiro atoms. The first-order valence-corrected chi connectivity index (χ1v) is 37.3. The maximum Gasteiger partial charge on any atom is 0.137 e. The second kappa shape index (κ2) is 27.6. The van der Waals surface area contributed by atoms with Gasteiger partial charge >= 0.3 is 0 Å². The Morgan fingerprint density at radius 3 is 1.20 bits per heavy atom. The van der Waals surface area contributed by atoms with Crippen molar-refractivity contribution < 1.29 is 8.83 Å². The average molecular weight is 1480 g/mol. The summed E-state index contributed by atoms with van der Waals surface area (Å²) in [7, 11) is 0. The molecule has 0 fully saturated rings. The third-order valence-corrected chi connectivity index (χ3v) is 22.9. The molecule has 0 atom stereocenters. The highest BCUT2D eigenvalue weighted by atomic mass is 79.9. The van der Waals surface area contributed by atoms with Gasteiger partial charge in [-0.15, -0.1) is 22.7 Å². The van der Waals surface area contributed by atoms with Gasteiger partial charge in [-0.25, -0.2) is 9.97 Å². The molecular weight excluding hydrogens is 1410 g/mol. The second-order valence-electron chi connectivity index (χ2n) is 26.2. The lowest BCUT2D eigenvalue weighted by Crippen LogP contribution is -2.09. The number of thiophene rings is 2. The van der Waals surface area contributed by atoms with E-state index in [1.54, 1.807) is 0 Å². The van der Waals surface area contributed by atoms with E-state index in [0.29, 0.717) is 0 Å². The van der Waals surface area contributed by atoms with Crippen molar-refractivity contribution in [1.82, 2.24) is 19.1 Å². The molecule has 512 valence electrons. The van der Waals surface area contributed by atoms with E-state index in [2.05, 4.69) is 319 Å². The van der Waals surface area contributed by atoms with Crippen molar-refractivity contribution in [1.29, 1.82) is 0 Å². The number of nitrogens with zero attached hydrogens (tertiary/aromatic N) is 5. The second-order valence-corrected chi connectivity index (χ2v) is 29.3. The van der Waals surface area contributed by atoms with Gasteiger partial charge in [0.05, 0.1) is 22.1 Å². The Bertz CT molecular complexity index is 6870. The number of halogens is 1. The van der Waals surface area contributed by atoms with Crippen LogP contribution in [-0.2, 0) is 0 Å². The summed E-state index contributed by atoms with van der Waals surface area (Å²) < 4.78 is 23.0. The zero-order valence-electron chi connectivity index (χ0n) is 56.2. The molecule has 0 unspecified atom stereocenters. The van der Waals surface area contributed by atoms with Crippen LogP contribution in [-0.4, -0.2) is 19.1 Å². The summed E-state index contributed by atoms with van der Waals surface area (Å²) in [5, 5.41) is 18.2. The first-order chi connectivity index (χ1) is 51.9. The first-order valence-electron chi connectivity index (χ1n) is 34.9. The van der Waals surface area contributed by atoms with E-state index in [0.717, 1.165) is 111 Å². The predicted octanol–water partition coefficient (Wildman–Crippen LogP) is 29.2. The zero-order valence-corrected chi connectivity index (χ0v) is 59.5. The normalized spacial score (nSPS) is 11.4. The fourth-order valence-corrected chi connectivity index (χ4v) is 17.6. The Balaban J connectivity index is 0.000000124. The van der Waals surface area contributed by atoms with Gasteiger partial charge in [0.15, 0.2) is 0 Å². The van der Waals surface area contributed by atoms with Gasteiger partial charge in [-0.3, -0.25) is 9.13 Å². The van der Waals surface area contributed by atoms with E-state index in [-0.39, 0.29) is 14.9 Å². The summed E-state index contributed by atoms with van der Waals surface area (Å²) in [6.45, 7) is 0. The highest BCUT2D eigenvalue weighted by Crippen LogP contribution is 2.45. The Kier molecular flexibility index (Phi) is 17.1.